The number of piperidine rings is 1. The normalized spacial score (nSPS) is 17.4. The van der Waals surface area contributed by atoms with E-state index in [1.807, 2.05) is 26.8 Å². The highest BCUT2D eigenvalue weighted by molar-refractivity contribution is 7.89. The molecule has 1 aromatic carbocycles. The van der Waals surface area contributed by atoms with Gasteiger partial charge in [-0.25, -0.2) is 8.42 Å². The standard InChI is InChI=1S/C20H25ClN2O4S/c1-13-12-19(15(3)27-13)14(2)22-20(24)16-8-10-23(11-9-16)28(25,26)18-6-4-17(21)5-7-18/h4-7,12,14,16H,8-11H2,1-3H3,(H,22,24). The van der Waals surface area contributed by atoms with Gasteiger partial charge >= 0.3 is 0 Å². The molecule has 2 heterocycles. The van der Waals surface area contributed by atoms with E-state index in [0.29, 0.717) is 31.0 Å². The fourth-order valence-electron chi connectivity index (χ4n) is 3.60. The highest BCUT2D eigenvalue weighted by Gasteiger charge is 2.32. The van der Waals surface area contributed by atoms with Crippen molar-refractivity contribution in [1.29, 1.82) is 0 Å². The number of nitrogens with one attached hydrogen (secondary N) is 1. The van der Waals surface area contributed by atoms with Gasteiger partial charge in [0.1, 0.15) is 11.5 Å². The summed E-state index contributed by atoms with van der Waals surface area (Å²) in [6.07, 6.45) is 0.990. The first-order chi connectivity index (χ1) is 13.2. The van der Waals surface area contributed by atoms with Gasteiger partial charge in [-0.1, -0.05) is 11.6 Å². The van der Waals surface area contributed by atoms with Crippen molar-refractivity contribution < 1.29 is 17.6 Å². The summed E-state index contributed by atoms with van der Waals surface area (Å²) in [4.78, 5) is 12.9. The van der Waals surface area contributed by atoms with Crippen LogP contribution in [0.1, 0.15) is 42.9 Å². The largest absolute Gasteiger partial charge is 0.466 e. The first-order valence-electron chi connectivity index (χ1n) is 9.31. The minimum Gasteiger partial charge on any atom is -0.466 e. The molecule has 0 bridgehead atoms. The molecule has 8 heteroatoms. The lowest BCUT2D eigenvalue weighted by Gasteiger charge is -2.31. The Kier molecular flexibility index (Phi) is 6.17. The molecule has 3 rings (SSSR count). The number of nitrogens with zero attached hydrogens (tertiary/aromatic N) is 1. The molecule has 2 aromatic rings. The number of sulfonamides is 1. The van der Waals surface area contributed by atoms with Gasteiger partial charge in [-0.3, -0.25) is 4.79 Å². The minimum atomic E-state index is -3.57. The summed E-state index contributed by atoms with van der Waals surface area (Å²) in [5, 5.41) is 3.52. The van der Waals surface area contributed by atoms with Crippen molar-refractivity contribution >= 4 is 27.5 Å². The molecule has 1 amide bonds. The molecular weight excluding hydrogens is 400 g/mol. The molecule has 1 aliphatic heterocycles. The smallest absolute Gasteiger partial charge is 0.243 e. The molecule has 1 aliphatic rings. The molecule has 1 saturated heterocycles. The Labute approximate surface area is 170 Å². The van der Waals surface area contributed by atoms with Gasteiger partial charge in [-0.2, -0.15) is 4.31 Å². The zero-order valence-corrected chi connectivity index (χ0v) is 17.8. The Hall–Kier alpha value is -1.83. The lowest BCUT2D eigenvalue weighted by atomic mass is 9.96. The van der Waals surface area contributed by atoms with E-state index < -0.39 is 10.0 Å². The highest BCUT2D eigenvalue weighted by Crippen LogP contribution is 2.26. The summed E-state index contributed by atoms with van der Waals surface area (Å²) < 4.78 is 32.5. The van der Waals surface area contributed by atoms with E-state index in [2.05, 4.69) is 5.32 Å². The van der Waals surface area contributed by atoms with Crippen molar-refractivity contribution in [1.82, 2.24) is 9.62 Å². The molecule has 28 heavy (non-hydrogen) atoms. The van der Waals surface area contributed by atoms with Crippen molar-refractivity contribution in [3.63, 3.8) is 0 Å². The molecule has 1 unspecified atom stereocenters. The van der Waals surface area contributed by atoms with E-state index in [9.17, 15) is 13.2 Å². The number of furan rings is 1. The SMILES string of the molecule is Cc1cc(C(C)NC(=O)C2CCN(S(=O)(=O)c3ccc(Cl)cc3)CC2)c(C)o1. The third kappa shape index (κ3) is 4.42. The van der Waals surface area contributed by atoms with Crippen LogP contribution in [-0.4, -0.2) is 31.7 Å². The number of hydrogen-bond acceptors (Lipinski definition) is 4. The molecule has 152 valence electrons. The summed E-state index contributed by atoms with van der Waals surface area (Å²) in [7, 11) is -3.57. The lowest BCUT2D eigenvalue weighted by Crippen LogP contribution is -2.43. The second-order valence-electron chi connectivity index (χ2n) is 7.23. The van der Waals surface area contributed by atoms with Crippen molar-refractivity contribution in [3.8, 4) is 0 Å². The van der Waals surface area contributed by atoms with E-state index in [0.717, 1.165) is 17.1 Å². The van der Waals surface area contributed by atoms with E-state index in [-0.39, 0.29) is 22.8 Å². The van der Waals surface area contributed by atoms with Crippen LogP contribution < -0.4 is 5.32 Å². The number of amides is 1. The van der Waals surface area contributed by atoms with Crippen molar-refractivity contribution in [2.75, 3.05) is 13.1 Å². The average Bonchev–Trinajstić information content (AvgIpc) is 3.00. The highest BCUT2D eigenvalue weighted by atomic mass is 35.5. The van der Waals surface area contributed by atoms with Gasteiger partial charge in [0, 0.05) is 29.6 Å². The number of rotatable bonds is 5. The van der Waals surface area contributed by atoms with Gasteiger partial charge in [0.2, 0.25) is 15.9 Å². The number of hydrogen-bond donors (Lipinski definition) is 1. The summed E-state index contributed by atoms with van der Waals surface area (Å²) in [6, 6.07) is 7.92. The number of aryl methyl sites for hydroxylation is 2. The predicted octanol–water partition coefficient (Wildman–Crippen LogP) is 3.83. The molecule has 0 aliphatic carbocycles. The van der Waals surface area contributed by atoms with Crippen LogP contribution in [0.25, 0.3) is 0 Å². The van der Waals surface area contributed by atoms with Crippen LogP contribution in [0.2, 0.25) is 5.02 Å². The van der Waals surface area contributed by atoms with Gasteiger partial charge < -0.3 is 9.73 Å². The van der Waals surface area contributed by atoms with E-state index in [4.69, 9.17) is 16.0 Å². The second-order valence-corrected chi connectivity index (χ2v) is 9.61. The van der Waals surface area contributed by atoms with Gasteiger partial charge in [0.05, 0.1) is 10.9 Å². The van der Waals surface area contributed by atoms with Crippen LogP contribution in [0.5, 0.6) is 0 Å². The summed E-state index contributed by atoms with van der Waals surface area (Å²) >= 11 is 5.84. The molecule has 6 nitrogen and oxygen atoms in total. The maximum Gasteiger partial charge on any atom is 0.243 e. The van der Waals surface area contributed by atoms with Crippen LogP contribution in [-0.2, 0) is 14.8 Å². The molecule has 1 atom stereocenters. The van der Waals surface area contributed by atoms with Crippen molar-refractivity contribution in [3.05, 3.63) is 52.4 Å². The topological polar surface area (TPSA) is 79.6 Å². The first-order valence-corrected chi connectivity index (χ1v) is 11.1. The third-order valence-electron chi connectivity index (χ3n) is 5.18. The van der Waals surface area contributed by atoms with E-state index in [1.54, 1.807) is 12.1 Å². The number of carbonyl (C=O) groups is 1. The third-order valence-corrected chi connectivity index (χ3v) is 7.35. The fourth-order valence-corrected chi connectivity index (χ4v) is 5.20. The number of carbonyl (C=O) groups excluding carboxylic acids is 1. The minimum absolute atomic E-state index is 0.0470. The van der Waals surface area contributed by atoms with E-state index in [1.165, 1.54) is 16.4 Å². The molecule has 1 fully saturated rings. The number of benzene rings is 1. The summed E-state index contributed by atoms with van der Waals surface area (Å²) in [5.41, 5.74) is 0.966. The molecule has 1 N–H and O–H groups in total. The zero-order chi connectivity index (χ0) is 20.5. The van der Waals surface area contributed by atoms with Crippen LogP contribution >= 0.6 is 11.6 Å². The molecule has 0 spiro atoms. The Bertz CT molecular complexity index is 945. The Balaban J connectivity index is 1.59. The maximum atomic E-state index is 12.7. The summed E-state index contributed by atoms with van der Waals surface area (Å²) in [6.45, 7) is 6.32. The van der Waals surface area contributed by atoms with Crippen LogP contribution in [0.15, 0.2) is 39.6 Å². The first kappa shape index (κ1) is 20.9. The quantitative estimate of drug-likeness (QED) is 0.791. The summed E-state index contributed by atoms with van der Waals surface area (Å²) in [5.74, 6) is 1.37. The molecule has 1 aromatic heterocycles. The van der Waals surface area contributed by atoms with Crippen LogP contribution in [0.3, 0.4) is 0 Å². The predicted molar refractivity (Wildman–Crippen MR) is 108 cm³/mol. The van der Waals surface area contributed by atoms with Gasteiger partial charge in [0.25, 0.3) is 0 Å². The lowest BCUT2D eigenvalue weighted by molar-refractivity contribution is -0.126. The average molecular weight is 425 g/mol. The van der Waals surface area contributed by atoms with Crippen molar-refractivity contribution in [2.24, 2.45) is 5.92 Å². The Morgan fingerprint density at radius 3 is 2.36 bits per heavy atom. The van der Waals surface area contributed by atoms with Gasteiger partial charge in [0.15, 0.2) is 0 Å². The van der Waals surface area contributed by atoms with Gasteiger partial charge in [-0.15, -0.1) is 0 Å². The van der Waals surface area contributed by atoms with Crippen molar-refractivity contribution in [2.45, 2.75) is 44.6 Å². The van der Waals surface area contributed by atoms with E-state index >= 15 is 0 Å². The Morgan fingerprint density at radius 2 is 1.82 bits per heavy atom. The zero-order valence-electron chi connectivity index (χ0n) is 16.2. The molecular formula is C20H25ClN2O4S. The second kappa shape index (κ2) is 8.27. The van der Waals surface area contributed by atoms with Gasteiger partial charge in [-0.05, 0) is 63.9 Å². The van der Waals surface area contributed by atoms with Crippen LogP contribution in [0, 0.1) is 19.8 Å². The fraction of sp³-hybridized carbons (Fsp3) is 0.450. The maximum absolute atomic E-state index is 12.7. The molecule has 0 radical (unpaired) electrons. The Morgan fingerprint density at radius 1 is 1.21 bits per heavy atom. The molecule has 0 saturated carbocycles. The monoisotopic (exact) mass is 424 g/mol. The number of halogens is 1. The van der Waals surface area contributed by atoms with Crippen LogP contribution in [0.4, 0.5) is 0 Å².